The highest BCUT2D eigenvalue weighted by atomic mass is 32.2. The topological polar surface area (TPSA) is 71.3 Å². The molecule has 0 aromatic carbocycles. The summed E-state index contributed by atoms with van der Waals surface area (Å²) in [5.74, 6) is 0. The van der Waals surface area contributed by atoms with Crippen molar-refractivity contribution in [2.24, 2.45) is 7.05 Å². The first-order valence-electron chi connectivity index (χ1n) is 7.95. The van der Waals surface area contributed by atoms with Crippen molar-refractivity contribution in [2.45, 2.75) is 30.8 Å². The van der Waals surface area contributed by atoms with Gasteiger partial charge in [-0.05, 0) is 31.9 Å². The Kier molecular flexibility index (Phi) is 4.35. The smallest absolute Gasteiger partial charge is 0.262 e. The van der Waals surface area contributed by atoms with Gasteiger partial charge in [0.25, 0.3) is 10.0 Å². The summed E-state index contributed by atoms with van der Waals surface area (Å²) in [7, 11) is 2.09. The molecule has 3 rings (SSSR count). The second-order valence-corrected chi connectivity index (χ2v) is 8.27. The van der Waals surface area contributed by atoms with Gasteiger partial charge in [-0.25, -0.2) is 13.4 Å². The maximum Gasteiger partial charge on any atom is 0.262 e. The van der Waals surface area contributed by atoms with Crippen LogP contribution < -0.4 is 4.90 Å². The van der Waals surface area contributed by atoms with E-state index in [4.69, 9.17) is 0 Å². The van der Waals surface area contributed by atoms with Crippen LogP contribution in [-0.4, -0.2) is 47.9 Å². The van der Waals surface area contributed by atoms with Gasteiger partial charge in [-0.2, -0.15) is 4.31 Å². The number of hydrogen-bond acceptors (Lipinski definition) is 5. The largest absolute Gasteiger partial charge is 0.378 e. The minimum Gasteiger partial charge on any atom is -0.378 e. The van der Waals surface area contributed by atoms with Gasteiger partial charge in [0.2, 0.25) is 0 Å². The normalized spacial score (nSPS) is 18.9. The summed E-state index contributed by atoms with van der Waals surface area (Å²) in [6, 6.07) is 3.73. The van der Waals surface area contributed by atoms with Crippen LogP contribution in [0.2, 0.25) is 0 Å². The average Bonchev–Trinajstić information content (AvgIpc) is 3.15. The van der Waals surface area contributed by atoms with E-state index >= 15 is 0 Å². The van der Waals surface area contributed by atoms with Crippen molar-refractivity contribution >= 4 is 15.7 Å². The summed E-state index contributed by atoms with van der Waals surface area (Å²) in [4.78, 5) is 10.6. The molecule has 0 N–H and O–H groups in total. The van der Waals surface area contributed by atoms with Crippen LogP contribution >= 0.6 is 0 Å². The summed E-state index contributed by atoms with van der Waals surface area (Å²) in [6.45, 7) is 2.43. The third kappa shape index (κ3) is 3.03. The van der Waals surface area contributed by atoms with E-state index in [2.05, 4.69) is 9.97 Å². The van der Waals surface area contributed by atoms with Gasteiger partial charge in [-0.1, -0.05) is 0 Å². The number of imidazole rings is 1. The first-order valence-corrected chi connectivity index (χ1v) is 9.39. The predicted molar refractivity (Wildman–Crippen MR) is 92.4 cm³/mol. The number of aromatic nitrogens is 3. The molecule has 1 atom stereocenters. The van der Waals surface area contributed by atoms with Gasteiger partial charge in [-0.15, -0.1) is 0 Å². The highest BCUT2D eigenvalue weighted by Gasteiger charge is 2.38. The molecule has 130 valence electrons. The Morgan fingerprint density at radius 2 is 2.04 bits per heavy atom. The number of sulfonamides is 1. The molecule has 8 heteroatoms. The number of anilines is 1. The Morgan fingerprint density at radius 1 is 1.29 bits per heavy atom. The van der Waals surface area contributed by atoms with Crippen LogP contribution in [0.5, 0.6) is 0 Å². The van der Waals surface area contributed by atoms with Crippen molar-refractivity contribution in [3.05, 3.63) is 36.0 Å². The Hall–Kier alpha value is -1.93. The van der Waals surface area contributed by atoms with E-state index in [0.29, 0.717) is 6.54 Å². The molecule has 1 saturated heterocycles. The molecule has 1 fully saturated rings. The molecule has 3 heterocycles. The highest BCUT2D eigenvalue weighted by Crippen LogP contribution is 2.36. The average molecular weight is 349 g/mol. The lowest BCUT2D eigenvalue weighted by Crippen LogP contribution is -2.31. The molecule has 0 amide bonds. The Morgan fingerprint density at radius 3 is 2.67 bits per heavy atom. The van der Waals surface area contributed by atoms with Gasteiger partial charge in [0, 0.05) is 45.3 Å². The summed E-state index contributed by atoms with van der Waals surface area (Å²) in [6.07, 6.45) is 4.64. The van der Waals surface area contributed by atoms with Crippen LogP contribution in [0, 0.1) is 6.92 Å². The molecule has 1 aliphatic rings. The SMILES string of the molecule is Cc1cc(N(C)C)cc(C2CCCN2S(=O)(=O)c2cn(C)cn2)n1. The molecule has 1 aliphatic heterocycles. The number of pyridine rings is 1. The van der Waals surface area contributed by atoms with Crippen LogP contribution in [0.4, 0.5) is 5.69 Å². The molecule has 2 aromatic rings. The first-order chi connectivity index (χ1) is 11.3. The summed E-state index contributed by atoms with van der Waals surface area (Å²) >= 11 is 0. The Labute approximate surface area is 143 Å². The van der Waals surface area contributed by atoms with E-state index < -0.39 is 10.0 Å². The van der Waals surface area contributed by atoms with Crippen molar-refractivity contribution in [1.29, 1.82) is 0 Å². The molecular formula is C16H23N5O2S. The molecule has 0 saturated carbocycles. The van der Waals surface area contributed by atoms with Gasteiger partial charge in [0.05, 0.1) is 18.1 Å². The van der Waals surface area contributed by atoms with Crippen molar-refractivity contribution in [3.63, 3.8) is 0 Å². The second kappa shape index (κ2) is 6.18. The molecule has 1 unspecified atom stereocenters. The summed E-state index contributed by atoms with van der Waals surface area (Å²) < 4.78 is 29.1. The quantitative estimate of drug-likeness (QED) is 0.840. The van der Waals surface area contributed by atoms with Gasteiger partial charge in [0.1, 0.15) is 0 Å². The van der Waals surface area contributed by atoms with Crippen LogP contribution in [-0.2, 0) is 17.1 Å². The third-order valence-electron chi connectivity index (χ3n) is 4.27. The van der Waals surface area contributed by atoms with Crippen molar-refractivity contribution in [3.8, 4) is 0 Å². The Balaban J connectivity index is 2.00. The summed E-state index contributed by atoms with van der Waals surface area (Å²) in [5.41, 5.74) is 2.72. The first kappa shape index (κ1) is 16.9. The van der Waals surface area contributed by atoms with Gasteiger partial charge in [0.15, 0.2) is 5.03 Å². The van der Waals surface area contributed by atoms with Crippen LogP contribution in [0.25, 0.3) is 0 Å². The molecule has 2 aromatic heterocycles. The fourth-order valence-electron chi connectivity index (χ4n) is 3.07. The number of nitrogens with zero attached hydrogens (tertiary/aromatic N) is 5. The molecule has 24 heavy (non-hydrogen) atoms. The van der Waals surface area contributed by atoms with Crippen LogP contribution in [0.3, 0.4) is 0 Å². The van der Waals surface area contributed by atoms with Crippen molar-refractivity contribution < 1.29 is 8.42 Å². The lowest BCUT2D eigenvalue weighted by molar-refractivity contribution is 0.388. The van der Waals surface area contributed by atoms with E-state index in [9.17, 15) is 8.42 Å². The standard InChI is InChI=1S/C16H23N5O2S/c1-12-8-13(19(2)3)9-14(18-12)15-6-5-7-21(15)24(22,23)16-10-20(4)11-17-16/h8-11,15H,5-7H2,1-4H3. The van der Waals surface area contributed by atoms with E-state index in [0.717, 1.165) is 29.9 Å². The molecule has 0 bridgehead atoms. The van der Waals surface area contributed by atoms with Crippen molar-refractivity contribution in [1.82, 2.24) is 18.8 Å². The number of rotatable bonds is 4. The second-order valence-electron chi connectivity index (χ2n) is 6.44. The summed E-state index contributed by atoms with van der Waals surface area (Å²) in [5, 5.41) is 0.0948. The van der Waals surface area contributed by atoms with E-state index in [-0.39, 0.29) is 11.1 Å². The fraction of sp³-hybridized carbons (Fsp3) is 0.500. The van der Waals surface area contributed by atoms with E-state index in [1.165, 1.54) is 10.6 Å². The Bertz CT molecular complexity index is 844. The maximum atomic E-state index is 12.9. The van der Waals surface area contributed by atoms with Crippen LogP contribution in [0.1, 0.15) is 30.3 Å². The van der Waals surface area contributed by atoms with Crippen molar-refractivity contribution in [2.75, 3.05) is 25.5 Å². The molecule has 0 spiro atoms. The molecule has 0 aliphatic carbocycles. The molecule has 0 radical (unpaired) electrons. The predicted octanol–water partition coefficient (Wildman–Crippen LogP) is 1.72. The fourth-order valence-corrected chi connectivity index (χ4v) is 4.71. The molecule has 7 nitrogen and oxygen atoms in total. The zero-order chi connectivity index (χ0) is 17.5. The monoisotopic (exact) mass is 349 g/mol. The minimum absolute atomic E-state index is 0.0948. The van der Waals surface area contributed by atoms with E-state index in [1.54, 1.807) is 17.8 Å². The lowest BCUT2D eigenvalue weighted by atomic mass is 10.1. The van der Waals surface area contributed by atoms with Gasteiger partial charge < -0.3 is 9.47 Å². The number of aryl methyl sites for hydroxylation is 2. The number of hydrogen-bond donors (Lipinski definition) is 0. The van der Waals surface area contributed by atoms with Gasteiger partial charge in [-0.3, -0.25) is 4.98 Å². The zero-order valence-corrected chi connectivity index (χ0v) is 15.3. The lowest BCUT2D eigenvalue weighted by Gasteiger charge is -2.24. The van der Waals surface area contributed by atoms with E-state index in [1.807, 2.05) is 38.1 Å². The maximum absolute atomic E-state index is 12.9. The minimum atomic E-state index is -3.61. The van der Waals surface area contributed by atoms with Gasteiger partial charge >= 0.3 is 0 Å². The molecular weight excluding hydrogens is 326 g/mol. The highest BCUT2D eigenvalue weighted by molar-refractivity contribution is 7.89. The van der Waals surface area contributed by atoms with Crippen LogP contribution in [0.15, 0.2) is 29.7 Å². The third-order valence-corrected chi connectivity index (χ3v) is 6.07. The zero-order valence-electron chi connectivity index (χ0n) is 14.5.